The quantitative estimate of drug-likeness (QED) is 0.843. The normalized spacial score (nSPS) is 17.8. The van der Waals surface area contributed by atoms with E-state index < -0.39 is 0 Å². The van der Waals surface area contributed by atoms with E-state index in [0.717, 1.165) is 22.5 Å². The van der Waals surface area contributed by atoms with Crippen LogP contribution in [0.4, 0.5) is 0 Å². The van der Waals surface area contributed by atoms with Crippen molar-refractivity contribution in [2.24, 2.45) is 0 Å². The van der Waals surface area contributed by atoms with E-state index in [2.05, 4.69) is 28.2 Å². The maximum atomic E-state index is 5.97. The summed E-state index contributed by atoms with van der Waals surface area (Å²) in [5, 5.41) is 3.62. The minimum Gasteiger partial charge on any atom is -0.497 e. The van der Waals surface area contributed by atoms with Gasteiger partial charge in [0.15, 0.2) is 0 Å². The molecule has 1 aliphatic carbocycles. The summed E-state index contributed by atoms with van der Waals surface area (Å²) in [6.07, 6.45) is 6.87. The van der Waals surface area contributed by atoms with Crippen LogP contribution in [0.1, 0.15) is 39.0 Å². The van der Waals surface area contributed by atoms with Crippen molar-refractivity contribution in [3.63, 3.8) is 0 Å². The van der Waals surface area contributed by atoms with Gasteiger partial charge >= 0.3 is 0 Å². The van der Waals surface area contributed by atoms with Crippen LogP contribution < -0.4 is 14.8 Å². The van der Waals surface area contributed by atoms with Gasteiger partial charge in [-0.1, -0.05) is 19.3 Å². The summed E-state index contributed by atoms with van der Waals surface area (Å²) in [5.74, 6) is 1.70. The number of methoxy groups -OCH3 is 1. The molecule has 0 aromatic heterocycles. The summed E-state index contributed by atoms with van der Waals surface area (Å²) >= 11 is 3.52. The summed E-state index contributed by atoms with van der Waals surface area (Å²) in [6.45, 7) is 3.00. The van der Waals surface area contributed by atoms with E-state index in [0.29, 0.717) is 6.04 Å². The molecule has 1 N–H and O–H groups in total. The van der Waals surface area contributed by atoms with E-state index in [-0.39, 0.29) is 6.10 Å². The van der Waals surface area contributed by atoms with Gasteiger partial charge in [0, 0.05) is 12.6 Å². The second-order valence-corrected chi connectivity index (χ2v) is 6.32. The number of benzene rings is 1. The van der Waals surface area contributed by atoms with Gasteiger partial charge in [0.2, 0.25) is 0 Å². The smallest absolute Gasteiger partial charge is 0.134 e. The zero-order valence-corrected chi connectivity index (χ0v) is 13.9. The second-order valence-electron chi connectivity index (χ2n) is 5.47. The number of rotatable bonds is 6. The van der Waals surface area contributed by atoms with Gasteiger partial charge in [-0.25, -0.2) is 0 Å². The van der Waals surface area contributed by atoms with Gasteiger partial charge < -0.3 is 14.8 Å². The Morgan fingerprint density at radius 1 is 1.30 bits per heavy atom. The van der Waals surface area contributed by atoms with Gasteiger partial charge in [0.1, 0.15) is 17.6 Å². The fraction of sp³-hybridized carbons (Fsp3) is 0.625. The first-order valence-corrected chi connectivity index (χ1v) is 8.22. The van der Waals surface area contributed by atoms with Crippen LogP contribution in [0.2, 0.25) is 0 Å². The van der Waals surface area contributed by atoms with Gasteiger partial charge in [0.05, 0.1) is 11.6 Å². The van der Waals surface area contributed by atoms with Crippen molar-refractivity contribution in [3.8, 4) is 11.5 Å². The van der Waals surface area contributed by atoms with Crippen LogP contribution in [0, 0.1) is 0 Å². The molecule has 1 saturated carbocycles. The molecule has 112 valence electrons. The Balaban J connectivity index is 1.80. The van der Waals surface area contributed by atoms with E-state index >= 15 is 0 Å². The van der Waals surface area contributed by atoms with Crippen LogP contribution in [0.25, 0.3) is 0 Å². The Kier molecular flexibility index (Phi) is 6.17. The van der Waals surface area contributed by atoms with E-state index in [4.69, 9.17) is 9.47 Å². The lowest BCUT2D eigenvalue weighted by atomic mass is 9.95. The zero-order valence-electron chi connectivity index (χ0n) is 12.3. The minimum atomic E-state index is 0.154. The Morgan fingerprint density at radius 3 is 2.70 bits per heavy atom. The standard InChI is InChI=1S/C16H24BrNO2/c1-12(11-18-13-6-4-3-5-7-13)20-16-9-8-14(19-2)10-15(16)17/h8-10,12-13,18H,3-7,11H2,1-2H3. The molecule has 20 heavy (non-hydrogen) atoms. The third kappa shape index (κ3) is 4.67. The summed E-state index contributed by atoms with van der Waals surface area (Å²) in [4.78, 5) is 0. The van der Waals surface area contributed by atoms with E-state index in [1.807, 2.05) is 18.2 Å². The van der Waals surface area contributed by atoms with Crippen LogP contribution in [0.3, 0.4) is 0 Å². The molecule has 0 saturated heterocycles. The molecule has 1 fully saturated rings. The number of hydrogen-bond acceptors (Lipinski definition) is 3. The summed E-state index contributed by atoms with van der Waals surface area (Å²) in [7, 11) is 1.67. The van der Waals surface area contributed by atoms with Crippen LogP contribution in [0.5, 0.6) is 11.5 Å². The largest absolute Gasteiger partial charge is 0.497 e. The average molecular weight is 342 g/mol. The molecule has 1 aromatic carbocycles. The summed E-state index contributed by atoms with van der Waals surface area (Å²) in [6, 6.07) is 6.46. The van der Waals surface area contributed by atoms with Gasteiger partial charge in [-0.3, -0.25) is 0 Å². The van der Waals surface area contributed by atoms with Gasteiger partial charge in [0.25, 0.3) is 0 Å². The molecule has 3 nitrogen and oxygen atoms in total. The lowest BCUT2D eigenvalue weighted by Gasteiger charge is -2.25. The van der Waals surface area contributed by atoms with Gasteiger partial charge in [-0.05, 0) is 53.9 Å². The highest BCUT2D eigenvalue weighted by Gasteiger charge is 2.14. The van der Waals surface area contributed by atoms with Crippen molar-refractivity contribution in [3.05, 3.63) is 22.7 Å². The number of ether oxygens (including phenoxy) is 2. The van der Waals surface area contributed by atoms with E-state index in [1.54, 1.807) is 7.11 Å². The molecule has 1 atom stereocenters. The molecular formula is C16H24BrNO2. The fourth-order valence-electron chi connectivity index (χ4n) is 2.60. The molecular weight excluding hydrogens is 318 g/mol. The lowest BCUT2D eigenvalue weighted by molar-refractivity contribution is 0.204. The number of halogens is 1. The fourth-order valence-corrected chi connectivity index (χ4v) is 3.05. The molecule has 0 spiro atoms. The van der Waals surface area contributed by atoms with Crippen LogP contribution in [0.15, 0.2) is 22.7 Å². The Morgan fingerprint density at radius 2 is 2.05 bits per heavy atom. The first kappa shape index (κ1) is 15.6. The molecule has 0 radical (unpaired) electrons. The summed E-state index contributed by atoms with van der Waals surface area (Å²) in [5.41, 5.74) is 0. The van der Waals surface area contributed by atoms with Crippen LogP contribution in [-0.2, 0) is 0 Å². The monoisotopic (exact) mass is 341 g/mol. The zero-order chi connectivity index (χ0) is 14.4. The first-order chi connectivity index (χ1) is 9.69. The molecule has 0 heterocycles. The van der Waals surface area contributed by atoms with Crippen LogP contribution in [-0.4, -0.2) is 25.8 Å². The third-order valence-corrected chi connectivity index (χ3v) is 4.39. The van der Waals surface area contributed by atoms with Gasteiger partial charge in [-0.15, -0.1) is 0 Å². The van der Waals surface area contributed by atoms with E-state index in [9.17, 15) is 0 Å². The van der Waals surface area contributed by atoms with Crippen molar-refractivity contribution < 1.29 is 9.47 Å². The Labute approximate surface area is 130 Å². The molecule has 0 aliphatic heterocycles. The van der Waals surface area contributed by atoms with E-state index in [1.165, 1.54) is 32.1 Å². The maximum absolute atomic E-state index is 5.97. The topological polar surface area (TPSA) is 30.5 Å². The molecule has 4 heteroatoms. The Hall–Kier alpha value is -0.740. The predicted molar refractivity (Wildman–Crippen MR) is 85.7 cm³/mol. The Bertz CT molecular complexity index is 419. The minimum absolute atomic E-state index is 0.154. The third-order valence-electron chi connectivity index (χ3n) is 3.77. The molecule has 1 unspecified atom stereocenters. The maximum Gasteiger partial charge on any atom is 0.134 e. The number of nitrogens with one attached hydrogen (secondary N) is 1. The second kappa shape index (κ2) is 7.89. The highest BCUT2D eigenvalue weighted by Crippen LogP contribution is 2.29. The number of hydrogen-bond donors (Lipinski definition) is 1. The van der Waals surface area contributed by atoms with Crippen molar-refractivity contribution in [2.75, 3.05) is 13.7 Å². The predicted octanol–water partition coefficient (Wildman–Crippen LogP) is 4.15. The van der Waals surface area contributed by atoms with Crippen molar-refractivity contribution in [1.82, 2.24) is 5.32 Å². The molecule has 0 amide bonds. The average Bonchev–Trinajstić information content (AvgIpc) is 2.48. The molecule has 2 rings (SSSR count). The van der Waals surface area contributed by atoms with Gasteiger partial charge in [-0.2, -0.15) is 0 Å². The van der Waals surface area contributed by atoms with Crippen molar-refractivity contribution in [1.29, 1.82) is 0 Å². The van der Waals surface area contributed by atoms with Crippen molar-refractivity contribution >= 4 is 15.9 Å². The van der Waals surface area contributed by atoms with Crippen LogP contribution >= 0.6 is 15.9 Å². The van der Waals surface area contributed by atoms with Crippen molar-refractivity contribution in [2.45, 2.75) is 51.2 Å². The molecule has 0 bridgehead atoms. The molecule has 1 aromatic rings. The SMILES string of the molecule is COc1ccc(OC(C)CNC2CCCCC2)c(Br)c1. The summed E-state index contributed by atoms with van der Waals surface area (Å²) < 4.78 is 12.1. The first-order valence-electron chi connectivity index (χ1n) is 7.42. The highest BCUT2D eigenvalue weighted by molar-refractivity contribution is 9.10. The lowest BCUT2D eigenvalue weighted by Crippen LogP contribution is -2.37. The highest BCUT2D eigenvalue weighted by atomic mass is 79.9. The molecule has 1 aliphatic rings.